The van der Waals surface area contributed by atoms with Crippen LogP contribution in [0.3, 0.4) is 0 Å². The summed E-state index contributed by atoms with van der Waals surface area (Å²) in [4.78, 5) is 4.92. The molecule has 1 aromatic carbocycles. The Labute approximate surface area is 148 Å². The molecule has 1 aromatic heterocycles. The van der Waals surface area contributed by atoms with Gasteiger partial charge in [-0.25, -0.2) is 4.98 Å². The Morgan fingerprint density at radius 3 is 2.38 bits per heavy atom. The van der Waals surface area contributed by atoms with Gasteiger partial charge in [0.15, 0.2) is 0 Å². The Kier molecular flexibility index (Phi) is 8.07. The van der Waals surface area contributed by atoms with Crippen LogP contribution >= 0.6 is 0 Å². The molecular weight excluding hydrogens is 292 g/mol. The minimum Gasteiger partial charge on any atom is -0.334 e. The van der Waals surface area contributed by atoms with E-state index in [0.717, 1.165) is 19.4 Å². The minimum absolute atomic E-state index is 0.503. The topological polar surface area (TPSA) is 17.8 Å². The van der Waals surface area contributed by atoms with E-state index in [9.17, 15) is 0 Å². The standard InChI is InChI=1S/C22H34N2/c1-4-5-6-7-11-17-24-18-21(23-22(24)19(2)3)16-12-15-20-13-9-8-10-14-20/h8-10,13-14,18-19H,4-7,11-12,15-17H2,1-3H3. The fraction of sp³-hybridized carbons (Fsp3) is 0.591. The third-order valence-electron chi connectivity index (χ3n) is 4.62. The molecular formula is C22H34N2. The van der Waals surface area contributed by atoms with E-state index >= 15 is 0 Å². The van der Waals surface area contributed by atoms with Crippen molar-refractivity contribution >= 4 is 0 Å². The molecule has 0 N–H and O–H groups in total. The van der Waals surface area contributed by atoms with Gasteiger partial charge in [-0.3, -0.25) is 0 Å². The normalized spacial score (nSPS) is 11.3. The summed E-state index contributed by atoms with van der Waals surface area (Å²) in [6, 6.07) is 10.8. The van der Waals surface area contributed by atoms with Crippen molar-refractivity contribution in [1.82, 2.24) is 9.55 Å². The first-order chi connectivity index (χ1) is 11.7. The van der Waals surface area contributed by atoms with E-state index in [0.29, 0.717) is 5.92 Å². The third kappa shape index (κ3) is 6.14. The Balaban J connectivity index is 1.85. The quantitative estimate of drug-likeness (QED) is 0.453. The number of benzene rings is 1. The number of aromatic nitrogens is 2. The second kappa shape index (κ2) is 10.3. The van der Waals surface area contributed by atoms with Crippen LogP contribution in [0.4, 0.5) is 0 Å². The Morgan fingerprint density at radius 2 is 1.67 bits per heavy atom. The fourth-order valence-corrected chi connectivity index (χ4v) is 3.25. The molecule has 0 saturated carbocycles. The van der Waals surface area contributed by atoms with E-state index in [1.165, 1.54) is 55.6 Å². The highest BCUT2D eigenvalue weighted by atomic mass is 15.1. The molecule has 132 valence electrons. The van der Waals surface area contributed by atoms with Gasteiger partial charge in [0.05, 0.1) is 5.69 Å². The van der Waals surface area contributed by atoms with Crippen molar-refractivity contribution < 1.29 is 0 Å². The largest absolute Gasteiger partial charge is 0.334 e. The summed E-state index contributed by atoms with van der Waals surface area (Å²) < 4.78 is 2.41. The van der Waals surface area contributed by atoms with Gasteiger partial charge in [0.25, 0.3) is 0 Å². The maximum Gasteiger partial charge on any atom is 0.111 e. The van der Waals surface area contributed by atoms with E-state index in [-0.39, 0.29) is 0 Å². The van der Waals surface area contributed by atoms with Crippen LogP contribution in [0.1, 0.15) is 82.3 Å². The maximum absolute atomic E-state index is 4.92. The van der Waals surface area contributed by atoms with Gasteiger partial charge in [0.2, 0.25) is 0 Å². The summed E-state index contributed by atoms with van der Waals surface area (Å²) in [6.07, 6.45) is 12.4. The lowest BCUT2D eigenvalue weighted by molar-refractivity contribution is 0.544. The van der Waals surface area contributed by atoms with Gasteiger partial charge < -0.3 is 4.57 Å². The Bertz CT molecular complexity index is 569. The van der Waals surface area contributed by atoms with Gasteiger partial charge in [-0.15, -0.1) is 0 Å². The van der Waals surface area contributed by atoms with Gasteiger partial charge in [-0.1, -0.05) is 76.8 Å². The Hall–Kier alpha value is -1.57. The molecule has 2 aromatic rings. The van der Waals surface area contributed by atoms with Gasteiger partial charge in [0.1, 0.15) is 5.82 Å². The molecule has 0 aliphatic carbocycles. The number of unbranched alkanes of at least 4 members (excludes halogenated alkanes) is 4. The van der Waals surface area contributed by atoms with Crippen LogP contribution in [-0.2, 0) is 19.4 Å². The van der Waals surface area contributed by atoms with E-state index in [4.69, 9.17) is 4.98 Å². The fourth-order valence-electron chi connectivity index (χ4n) is 3.25. The first-order valence-corrected chi connectivity index (χ1v) is 9.80. The molecule has 0 amide bonds. The predicted octanol–water partition coefficient (Wildman–Crippen LogP) is 6.15. The van der Waals surface area contributed by atoms with Crippen molar-refractivity contribution in [1.29, 1.82) is 0 Å². The zero-order valence-corrected chi connectivity index (χ0v) is 15.8. The summed E-state index contributed by atoms with van der Waals surface area (Å²) in [7, 11) is 0. The lowest BCUT2D eigenvalue weighted by atomic mass is 10.1. The number of imidazole rings is 1. The molecule has 0 spiro atoms. The number of hydrogen-bond acceptors (Lipinski definition) is 1. The third-order valence-corrected chi connectivity index (χ3v) is 4.62. The van der Waals surface area contributed by atoms with Crippen LogP contribution in [0.5, 0.6) is 0 Å². The van der Waals surface area contributed by atoms with Crippen LogP contribution in [0.25, 0.3) is 0 Å². The average Bonchev–Trinajstić information content (AvgIpc) is 2.99. The first kappa shape index (κ1) is 18.8. The molecule has 2 heteroatoms. The molecule has 2 rings (SSSR count). The molecule has 0 fully saturated rings. The summed E-state index contributed by atoms with van der Waals surface area (Å²) in [5, 5.41) is 0. The van der Waals surface area contributed by atoms with Crippen LogP contribution in [0.15, 0.2) is 36.5 Å². The van der Waals surface area contributed by atoms with Gasteiger partial charge in [0, 0.05) is 18.7 Å². The lowest BCUT2D eigenvalue weighted by Crippen LogP contribution is -2.04. The summed E-state index contributed by atoms with van der Waals surface area (Å²) in [6.45, 7) is 7.91. The highest BCUT2D eigenvalue weighted by Crippen LogP contribution is 2.17. The van der Waals surface area contributed by atoms with Crippen LogP contribution in [0, 0.1) is 0 Å². The highest BCUT2D eigenvalue weighted by molar-refractivity contribution is 5.15. The van der Waals surface area contributed by atoms with E-state index in [2.05, 4.69) is 61.9 Å². The molecule has 0 aliphatic rings. The summed E-state index contributed by atoms with van der Waals surface area (Å²) >= 11 is 0. The number of aryl methyl sites for hydroxylation is 3. The molecule has 0 bridgehead atoms. The maximum atomic E-state index is 4.92. The van der Waals surface area contributed by atoms with Crippen LogP contribution < -0.4 is 0 Å². The first-order valence-electron chi connectivity index (χ1n) is 9.80. The van der Waals surface area contributed by atoms with Crippen molar-refractivity contribution in [2.24, 2.45) is 0 Å². The van der Waals surface area contributed by atoms with Crippen molar-refractivity contribution in [3.8, 4) is 0 Å². The van der Waals surface area contributed by atoms with Gasteiger partial charge >= 0.3 is 0 Å². The average molecular weight is 327 g/mol. The zero-order chi connectivity index (χ0) is 17.2. The van der Waals surface area contributed by atoms with E-state index in [1.807, 2.05) is 0 Å². The molecule has 2 nitrogen and oxygen atoms in total. The number of hydrogen-bond donors (Lipinski definition) is 0. The van der Waals surface area contributed by atoms with Gasteiger partial charge in [-0.2, -0.15) is 0 Å². The van der Waals surface area contributed by atoms with Crippen LogP contribution in [0.2, 0.25) is 0 Å². The summed E-state index contributed by atoms with van der Waals surface area (Å²) in [5.74, 6) is 1.77. The minimum atomic E-state index is 0.503. The predicted molar refractivity (Wildman–Crippen MR) is 104 cm³/mol. The highest BCUT2D eigenvalue weighted by Gasteiger charge is 2.11. The smallest absolute Gasteiger partial charge is 0.111 e. The molecule has 0 radical (unpaired) electrons. The van der Waals surface area contributed by atoms with Crippen molar-refractivity contribution in [2.75, 3.05) is 0 Å². The molecule has 0 unspecified atom stereocenters. The van der Waals surface area contributed by atoms with Gasteiger partial charge in [-0.05, 0) is 31.2 Å². The van der Waals surface area contributed by atoms with Crippen molar-refractivity contribution in [3.05, 3.63) is 53.6 Å². The summed E-state index contributed by atoms with van der Waals surface area (Å²) in [5.41, 5.74) is 2.69. The Morgan fingerprint density at radius 1 is 0.917 bits per heavy atom. The van der Waals surface area contributed by atoms with Crippen molar-refractivity contribution in [3.63, 3.8) is 0 Å². The molecule has 0 saturated heterocycles. The molecule has 24 heavy (non-hydrogen) atoms. The van der Waals surface area contributed by atoms with E-state index < -0.39 is 0 Å². The molecule has 1 heterocycles. The zero-order valence-electron chi connectivity index (χ0n) is 15.8. The monoisotopic (exact) mass is 326 g/mol. The number of nitrogens with zero attached hydrogens (tertiary/aromatic N) is 2. The molecule has 0 atom stereocenters. The van der Waals surface area contributed by atoms with Crippen LogP contribution in [-0.4, -0.2) is 9.55 Å². The lowest BCUT2D eigenvalue weighted by Gasteiger charge is -2.09. The second-order valence-corrected chi connectivity index (χ2v) is 7.19. The second-order valence-electron chi connectivity index (χ2n) is 7.19. The van der Waals surface area contributed by atoms with E-state index in [1.54, 1.807) is 0 Å². The SMILES string of the molecule is CCCCCCCn1cc(CCCc2ccccc2)nc1C(C)C. The number of rotatable bonds is 11. The van der Waals surface area contributed by atoms with Crippen molar-refractivity contribution in [2.45, 2.75) is 84.6 Å². The molecule has 0 aliphatic heterocycles.